The lowest BCUT2D eigenvalue weighted by molar-refractivity contribution is 0.0621. The van der Waals surface area contributed by atoms with Crippen LogP contribution in [0.1, 0.15) is 25.7 Å². The van der Waals surface area contributed by atoms with Crippen LogP contribution in [-0.2, 0) is 0 Å². The third kappa shape index (κ3) is 1.35. The maximum Gasteiger partial charge on any atom is 0.283 e. The predicted octanol–water partition coefficient (Wildman–Crippen LogP) is 1.53. The van der Waals surface area contributed by atoms with Crippen molar-refractivity contribution in [3.63, 3.8) is 0 Å². The highest BCUT2D eigenvalue weighted by Crippen LogP contribution is 2.36. The van der Waals surface area contributed by atoms with Crippen molar-refractivity contribution in [2.24, 2.45) is 0 Å². The van der Waals surface area contributed by atoms with Gasteiger partial charge in [-0.15, -0.1) is 0 Å². The average Bonchev–Trinajstić information content (AvgIpc) is 2.24. The molecule has 0 spiro atoms. The minimum atomic E-state index is -0.172. The van der Waals surface area contributed by atoms with Gasteiger partial charge in [-0.2, -0.15) is 0 Å². The molecular weight excluding hydrogens is 269 g/mol. The third-order valence-electron chi connectivity index (χ3n) is 2.91. The van der Waals surface area contributed by atoms with Gasteiger partial charge in [0.05, 0.1) is 6.10 Å². The number of halogens is 1. The Morgan fingerprint density at radius 2 is 1.83 bits per heavy atom. The molecule has 2 heterocycles. The first-order valence-electron chi connectivity index (χ1n) is 4.34. The third-order valence-corrected chi connectivity index (χ3v) is 3.47. The van der Waals surface area contributed by atoms with Crippen LogP contribution in [0.3, 0.4) is 0 Å². The van der Waals surface area contributed by atoms with Crippen LogP contribution in [-0.4, -0.2) is 32.1 Å². The molecule has 0 saturated carbocycles. The number of rotatable bonds is 0. The number of amides is 1. The van der Waals surface area contributed by atoms with Gasteiger partial charge in [-0.3, -0.25) is 4.79 Å². The molecule has 1 N–H and O–H groups in total. The molecule has 3 atom stereocenters. The van der Waals surface area contributed by atoms with E-state index in [9.17, 15) is 9.90 Å². The largest absolute Gasteiger partial charge is 0.393 e. The van der Waals surface area contributed by atoms with Gasteiger partial charge in [0.15, 0.2) is 0 Å². The lowest BCUT2D eigenvalue weighted by atomic mass is 10.0. The molecule has 0 aliphatic carbocycles. The Balaban J connectivity index is 2.14. The molecule has 68 valence electrons. The summed E-state index contributed by atoms with van der Waals surface area (Å²) in [6.45, 7) is 0. The average molecular weight is 281 g/mol. The first-order valence-corrected chi connectivity index (χ1v) is 5.42. The summed E-state index contributed by atoms with van der Waals surface area (Å²) in [7, 11) is 0. The van der Waals surface area contributed by atoms with Gasteiger partial charge in [0, 0.05) is 34.7 Å². The molecule has 2 bridgehead atoms. The molecule has 0 aromatic carbocycles. The first kappa shape index (κ1) is 8.74. The van der Waals surface area contributed by atoms with Crippen molar-refractivity contribution in [1.82, 2.24) is 4.90 Å². The number of carbonyl (C=O) groups excluding carboxylic acids is 1. The van der Waals surface area contributed by atoms with E-state index in [1.165, 1.54) is 0 Å². The summed E-state index contributed by atoms with van der Waals surface area (Å²) >= 11 is 1.84. The summed E-state index contributed by atoms with van der Waals surface area (Å²) in [6.07, 6.45) is 3.55. The summed E-state index contributed by atoms with van der Waals surface area (Å²) in [5.41, 5.74) is 0. The quantitative estimate of drug-likeness (QED) is 0.415. The van der Waals surface area contributed by atoms with Crippen LogP contribution < -0.4 is 0 Å². The van der Waals surface area contributed by atoms with E-state index in [0.29, 0.717) is 12.1 Å². The van der Waals surface area contributed by atoms with E-state index in [4.69, 9.17) is 0 Å². The second-order valence-corrected chi connectivity index (χ2v) is 4.59. The maximum atomic E-state index is 11.2. The van der Waals surface area contributed by atoms with Gasteiger partial charge in [-0.1, -0.05) is 0 Å². The summed E-state index contributed by atoms with van der Waals surface area (Å²) in [5, 5.41) is 9.45. The van der Waals surface area contributed by atoms with E-state index in [1.807, 2.05) is 27.5 Å². The fraction of sp³-hybridized carbons (Fsp3) is 0.875. The standard InChI is InChI=1S/C8H12INO2/c9-8(12)10-5-1-2-6(10)4-7(11)3-5/h5-7,11H,1-4H2/t5-,6+,7+. The molecule has 2 rings (SSSR count). The number of aliphatic hydroxyl groups excluding tert-OH is 1. The van der Waals surface area contributed by atoms with Gasteiger partial charge in [-0.25, -0.2) is 0 Å². The lowest BCUT2D eigenvalue weighted by Crippen LogP contribution is -2.45. The summed E-state index contributed by atoms with van der Waals surface area (Å²) in [6, 6.07) is 0.645. The molecule has 2 aliphatic rings. The van der Waals surface area contributed by atoms with Crippen LogP contribution >= 0.6 is 22.6 Å². The van der Waals surface area contributed by atoms with Crippen LogP contribution in [0.4, 0.5) is 4.79 Å². The fourth-order valence-corrected chi connectivity index (χ4v) is 3.22. The van der Waals surface area contributed by atoms with Crippen LogP contribution in [0, 0.1) is 0 Å². The van der Waals surface area contributed by atoms with E-state index in [2.05, 4.69) is 0 Å². The second kappa shape index (κ2) is 3.14. The minimum absolute atomic E-state index is 0.145. The van der Waals surface area contributed by atoms with E-state index in [1.54, 1.807) is 0 Å². The Kier molecular flexibility index (Phi) is 2.29. The molecule has 2 saturated heterocycles. The lowest BCUT2D eigenvalue weighted by Gasteiger charge is -2.35. The molecular formula is C8H12INO2. The monoisotopic (exact) mass is 281 g/mol. The molecule has 2 aliphatic heterocycles. The van der Waals surface area contributed by atoms with Crippen molar-refractivity contribution >= 4 is 26.5 Å². The van der Waals surface area contributed by atoms with Gasteiger partial charge >= 0.3 is 0 Å². The SMILES string of the molecule is O=C(I)N1[C@@H]2CC[C@H]1C[C@@H](O)C2. The number of aliphatic hydroxyl groups is 1. The Labute approximate surface area is 85.3 Å². The van der Waals surface area contributed by atoms with Gasteiger partial charge in [-0.05, 0) is 25.7 Å². The molecule has 3 nitrogen and oxygen atoms in total. The number of hydrogen-bond acceptors (Lipinski definition) is 2. The number of fused-ring (bicyclic) bond motifs is 2. The van der Waals surface area contributed by atoms with E-state index in [-0.39, 0.29) is 10.0 Å². The number of nitrogens with zero attached hydrogens (tertiary/aromatic N) is 1. The zero-order chi connectivity index (χ0) is 8.72. The summed E-state index contributed by atoms with van der Waals surface area (Å²) in [5.74, 6) is 0. The topological polar surface area (TPSA) is 40.5 Å². The van der Waals surface area contributed by atoms with Crippen molar-refractivity contribution in [1.29, 1.82) is 0 Å². The zero-order valence-electron chi connectivity index (χ0n) is 6.74. The molecule has 0 unspecified atom stereocenters. The van der Waals surface area contributed by atoms with Gasteiger partial charge < -0.3 is 10.0 Å². The molecule has 2 fully saturated rings. The molecule has 1 amide bonds. The van der Waals surface area contributed by atoms with Gasteiger partial charge in [0.1, 0.15) is 0 Å². The molecule has 12 heavy (non-hydrogen) atoms. The van der Waals surface area contributed by atoms with Crippen molar-refractivity contribution in [2.75, 3.05) is 0 Å². The maximum absolute atomic E-state index is 11.2. The van der Waals surface area contributed by atoms with Crippen LogP contribution in [0.2, 0.25) is 0 Å². The smallest absolute Gasteiger partial charge is 0.283 e. The Bertz CT molecular complexity index is 195. The molecule has 4 heteroatoms. The highest BCUT2D eigenvalue weighted by molar-refractivity contribution is 14.1. The summed E-state index contributed by atoms with van der Waals surface area (Å²) < 4.78 is 0.145. The van der Waals surface area contributed by atoms with Crippen LogP contribution in [0.15, 0.2) is 0 Å². The highest BCUT2D eigenvalue weighted by Gasteiger charge is 2.41. The molecule has 0 aromatic heterocycles. The van der Waals surface area contributed by atoms with Crippen LogP contribution in [0.25, 0.3) is 0 Å². The Hall–Kier alpha value is 0.160. The molecule has 0 aromatic rings. The normalized spacial score (nSPS) is 40.2. The first-order chi connectivity index (χ1) is 5.68. The minimum Gasteiger partial charge on any atom is -0.393 e. The second-order valence-electron chi connectivity index (χ2n) is 3.67. The van der Waals surface area contributed by atoms with Gasteiger partial charge in [0.2, 0.25) is 0 Å². The van der Waals surface area contributed by atoms with Crippen molar-refractivity contribution in [3.8, 4) is 0 Å². The molecule has 0 radical (unpaired) electrons. The number of hydrogen-bond donors (Lipinski definition) is 1. The Morgan fingerprint density at radius 1 is 1.33 bits per heavy atom. The van der Waals surface area contributed by atoms with Crippen LogP contribution in [0.5, 0.6) is 0 Å². The van der Waals surface area contributed by atoms with E-state index < -0.39 is 0 Å². The van der Waals surface area contributed by atoms with E-state index >= 15 is 0 Å². The van der Waals surface area contributed by atoms with Crippen molar-refractivity contribution in [2.45, 2.75) is 43.9 Å². The van der Waals surface area contributed by atoms with Gasteiger partial charge in [0.25, 0.3) is 3.91 Å². The Morgan fingerprint density at radius 3 is 2.25 bits per heavy atom. The number of piperidine rings is 1. The van der Waals surface area contributed by atoms with E-state index in [0.717, 1.165) is 25.7 Å². The number of carbonyl (C=O) groups is 1. The summed E-state index contributed by atoms with van der Waals surface area (Å²) in [4.78, 5) is 13.1. The fourth-order valence-electron chi connectivity index (χ4n) is 2.44. The zero-order valence-corrected chi connectivity index (χ0v) is 8.90. The predicted molar refractivity (Wildman–Crippen MR) is 53.3 cm³/mol. The van der Waals surface area contributed by atoms with Crippen molar-refractivity contribution < 1.29 is 9.90 Å². The van der Waals surface area contributed by atoms with Crippen molar-refractivity contribution in [3.05, 3.63) is 0 Å². The highest BCUT2D eigenvalue weighted by atomic mass is 127.